The number of aromatic nitrogens is 2. The van der Waals surface area contributed by atoms with Crippen molar-refractivity contribution in [3.8, 4) is 0 Å². The van der Waals surface area contributed by atoms with Gasteiger partial charge in [0.2, 0.25) is 0 Å². The molecule has 0 saturated heterocycles. The van der Waals surface area contributed by atoms with Crippen LogP contribution in [0, 0.1) is 0 Å². The summed E-state index contributed by atoms with van der Waals surface area (Å²) < 4.78 is 2.00. The number of nitrogens with zero attached hydrogens (tertiary/aromatic N) is 2. The van der Waals surface area contributed by atoms with Crippen LogP contribution in [0.5, 0.6) is 0 Å². The van der Waals surface area contributed by atoms with Gasteiger partial charge < -0.3 is 5.73 Å². The van der Waals surface area contributed by atoms with E-state index in [1.54, 1.807) is 0 Å². The lowest BCUT2D eigenvalue weighted by atomic mass is 9.83. The first kappa shape index (κ1) is 14.8. The third-order valence-corrected chi connectivity index (χ3v) is 3.37. The first-order chi connectivity index (χ1) is 9.18. The highest BCUT2D eigenvalue weighted by Crippen LogP contribution is 2.30. The molecule has 1 heterocycles. The zero-order chi connectivity index (χ0) is 15.0. The number of hydrogen-bond acceptors (Lipinski definition) is 2. The van der Waals surface area contributed by atoms with Crippen LogP contribution in [-0.2, 0) is 17.5 Å². The Morgan fingerprint density at radius 1 is 1.05 bits per heavy atom. The highest BCUT2D eigenvalue weighted by atomic mass is 15.3. The standard InChI is InChI=1S/C17H25N3/c1-16(2,3)14-12-20(19-15(14)17(4,5)18)11-13-9-7-6-8-10-13/h6-10,12H,11,18H2,1-5H3. The van der Waals surface area contributed by atoms with Gasteiger partial charge in [-0.05, 0) is 24.8 Å². The van der Waals surface area contributed by atoms with E-state index in [0.717, 1.165) is 12.2 Å². The second-order valence-electron chi connectivity index (χ2n) is 7.05. The maximum atomic E-state index is 6.29. The molecule has 1 aromatic heterocycles. The molecule has 3 nitrogen and oxygen atoms in total. The van der Waals surface area contributed by atoms with Gasteiger partial charge in [-0.2, -0.15) is 5.10 Å². The van der Waals surface area contributed by atoms with E-state index < -0.39 is 5.54 Å². The second-order valence-corrected chi connectivity index (χ2v) is 7.05. The van der Waals surface area contributed by atoms with Crippen LogP contribution < -0.4 is 5.73 Å². The van der Waals surface area contributed by atoms with Gasteiger partial charge in [-0.15, -0.1) is 0 Å². The topological polar surface area (TPSA) is 43.8 Å². The van der Waals surface area contributed by atoms with E-state index >= 15 is 0 Å². The molecule has 0 radical (unpaired) electrons. The van der Waals surface area contributed by atoms with Gasteiger partial charge in [0.05, 0.1) is 17.8 Å². The summed E-state index contributed by atoms with van der Waals surface area (Å²) in [6.07, 6.45) is 2.14. The van der Waals surface area contributed by atoms with Crippen LogP contribution in [0.3, 0.4) is 0 Å². The SMILES string of the molecule is CC(C)(C)c1cn(Cc2ccccc2)nc1C(C)(C)N. The summed E-state index contributed by atoms with van der Waals surface area (Å²) in [5.74, 6) is 0. The van der Waals surface area contributed by atoms with Crippen molar-refractivity contribution in [2.24, 2.45) is 5.73 Å². The van der Waals surface area contributed by atoms with Gasteiger partial charge in [0.15, 0.2) is 0 Å². The van der Waals surface area contributed by atoms with Crippen molar-refractivity contribution in [3.05, 3.63) is 53.3 Å². The Kier molecular flexibility index (Phi) is 3.74. The molecule has 0 spiro atoms. The van der Waals surface area contributed by atoms with Crippen LogP contribution in [0.1, 0.15) is 51.4 Å². The molecule has 0 bridgehead atoms. The molecule has 3 heteroatoms. The molecule has 108 valence electrons. The molecule has 0 aliphatic rings. The lowest BCUT2D eigenvalue weighted by Crippen LogP contribution is -2.32. The van der Waals surface area contributed by atoms with Gasteiger partial charge in [0.25, 0.3) is 0 Å². The van der Waals surface area contributed by atoms with Crippen molar-refractivity contribution in [2.45, 2.75) is 52.1 Å². The molecule has 0 unspecified atom stereocenters. The third kappa shape index (κ3) is 3.28. The molecule has 2 N–H and O–H groups in total. The minimum Gasteiger partial charge on any atom is -0.321 e. The average molecular weight is 271 g/mol. The molecule has 0 fully saturated rings. The Morgan fingerprint density at radius 3 is 2.10 bits per heavy atom. The normalized spacial score (nSPS) is 12.7. The quantitative estimate of drug-likeness (QED) is 0.929. The largest absolute Gasteiger partial charge is 0.321 e. The zero-order valence-electron chi connectivity index (χ0n) is 13.1. The van der Waals surface area contributed by atoms with Crippen molar-refractivity contribution in [3.63, 3.8) is 0 Å². The summed E-state index contributed by atoms with van der Waals surface area (Å²) in [6, 6.07) is 10.4. The Labute approximate surface area is 121 Å². The fraction of sp³-hybridized carbons (Fsp3) is 0.471. The summed E-state index contributed by atoms with van der Waals surface area (Å²) in [5, 5.41) is 4.73. The van der Waals surface area contributed by atoms with Gasteiger partial charge in [0.1, 0.15) is 0 Å². The fourth-order valence-corrected chi connectivity index (χ4v) is 2.30. The number of rotatable bonds is 3. The van der Waals surface area contributed by atoms with Crippen LogP contribution in [0.15, 0.2) is 36.5 Å². The lowest BCUT2D eigenvalue weighted by Gasteiger charge is -2.24. The van der Waals surface area contributed by atoms with E-state index in [-0.39, 0.29) is 5.41 Å². The smallest absolute Gasteiger partial charge is 0.0854 e. The Morgan fingerprint density at radius 2 is 1.65 bits per heavy atom. The van der Waals surface area contributed by atoms with E-state index in [9.17, 15) is 0 Å². The van der Waals surface area contributed by atoms with E-state index in [0.29, 0.717) is 0 Å². The van der Waals surface area contributed by atoms with E-state index in [1.165, 1.54) is 11.1 Å². The molecule has 0 aliphatic heterocycles. The summed E-state index contributed by atoms with van der Waals surface area (Å²) in [6.45, 7) is 11.4. The van der Waals surface area contributed by atoms with Gasteiger partial charge in [-0.1, -0.05) is 51.1 Å². The van der Waals surface area contributed by atoms with Crippen LogP contribution in [0.25, 0.3) is 0 Å². The minimum atomic E-state index is -0.426. The molecule has 1 aromatic carbocycles. The van der Waals surface area contributed by atoms with E-state index in [2.05, 4.69) is 51.2 Å². The summed E-state index contributed by atoms with van der Waals surface area (Å²) in [4.78, 5) is 0. The van der Waals surface area contributed by atoms with Crippen molar-refractivity contribution < 1.29 is 0 Å². The van der Waals surface area contributed by atoms with Crippen LogP contribution in [0.4, 0.5) is 0 Å². The highest BCUT2D eigenvalue weighted by molar-refractivity contribution is 5.30. The molecule has 0 saturated carbocycles. The molecule has 20 heavy (non-hydrogen) atoms. The Hall–Kier alpha value is -1.61. The Balaban J connectivity index is 2.40. The molecule has 0 aliphatic carbocycles. The van der Waals surface area contributed by atoms with E-state index in [1.807, 2.05) is 24.6 Å². The Bertz CT molecular complexity index is 537. The molecule has 2 rings (SSSR count). The number of hydrogen-bond donors (Lipinski definition) is 1. The predicted molar refractivity (Wildman–Crippen MR) is 83.7 cm³/mol. The highest BCUT2D eigenvalue weighted by Gasteiger charge is 2.29. The first-order valence-electron chi connectivity index (χ1n) is 7.09. The lowest BCUT2D eigenvalue weighted by molar-refractivity contribution is 0.493. The average Bonchev–Trinajstić information content (AvgIpc) is 2.74. The maximum absolute atomic E-state index is 6.29. The molecule has 0 atom stereocenters. The second kappa shape index (κ2) is 5.06. The molecular formula is C17H25N3. The monoisotopic (exact) mass is 271 g/mol. The molecule has 0 amide bonds. The van der Waals surface area contributed by atoms with Crippen molar-refractivity contribution in [2.75, 3.05) is 0 Å². The van der Waals surface area contributed by atoms with E-state index in [4.69, 9.17) is 10.8 Å². The van der Waals surface area contributed by atoms with Gasteiger partial charge in [-0.25, -0.2) is 0 Å². The number of nitrogens with two attached hydrogens (primary N) is 1. The van der Waals surface area contributed by atoms with Crippen molar-refractivity contribution >= 4 is 0 Å². The zero-order valence-corrected chi connectivity index (χ0v) is 13.1. The van der Waals surface area contributed by atoms with Crippen molar-refractivity contribution in [1.29, 1.82) is 0 Å². The van der Waals surface area contributed by atoms with Gasteiger partial charge in [0, 0.05) is 11.8 Å². The summed E-state index contributed by atoms with van der Waals surface area (Å²) in [7, 11) is 0. The minimum absolute atomic E-state index is 0.0426. The molecular weight excluding hydrogens is 246 g/mol. The van der Waals surface area contributed by atoms with Gasteiger partial charge >= 0.3 is 0 Å². The summed E-state index contributed by atoms with van der Waals surface area (Å²) in [5.41, 5.74) is 9.36. The number of benzene rings is 1. The van der Waals surface area contributed by atoms with Crippen LogP contribution >= 0.6 is 0 Å². The predicted octanol–water partition coefficient (Wildman–Crippen LogP) is 3.42. The van der Waals surface area contributed by atoms with Crippen molar-refractivity contribution in [1.82, 2.24) is 9.78 Å². The van der Waals surface area contributed by atoms with Gasteiger partial charge in [-0.3, -0.25) is 4.68 Å². The fourth-order valence-electron chi connectivity index (χ4n) is 2.30. The van der Waals surface area contributed by atoms with Crippen LogP contribution in [0.2, 0.25) is 0 Å². The summed E-state index contributed by atoms with van der Waals surface area (Å²) >= 11 is 0. The van der Waals surface area contributed by atoms with Crippen LogP contribution in [-0.4, -0.2) is 9.78 Å². The maximum Gasteiger partial charge on any atom is 0.0854 e. The molecule has 2 aromatic rings. The first-order valence-corrected chi connectivity index (χ1v) is 7.09. The third-order valence-electron chi connectivity index (χ3n) is 3.37.